The van der Waals surface area contributed by atoms with Crippen LogP contribution < -0.4 is 16.0 Å². The topological polar surface area (TPSA) is 86.9 Å². The molecule has 0 unspecified atom stereocenters. The van der Waals surface area contributed by atoms with Gasteiger partial charge in [0.05, 0.1) is 6.54 Å². The van der Waals surface area contributed by atoms with E-state index < -0.39 is 0 Å². The average molecular weight is 557 g/mol. The molecule has 2 aromatic heterocycles. The van der Waals surface area contributed by atoms with Crippen molar-refractivity contribution in [2.75, 3.05) is 38.1 Å². The Morgan fingerprint density at radius 3 is 2.77 bits per heavy atom. The van der Waals surface area contributed by atoms with Crippen molar-refractivity contribution in [2.45, 2.75) is 32.7 Å². The number of hydrogen-bond acceptors (Lipinski definition) is 5. The first kappa shape index (κ1) is 25.4. The van der Waals surface area contributed by atoms with Crippen molar-refractivity contribution in [3.8, 4) is 0 Å². The first-order chi connectivity index (χ1) is 14.6. The molecule has 3 heterocycles. The number of hydrogen-bond donors (Lipinski definition) is 2. The number of nitrogens with zero attached hydrogens (tertiary/aromatic N) is 4. The molecule has 9 heteroatoms. The summed E-state index contributed by atoms with van der Waals surface area (Å²) in [4.78, 5) is 26.8. The summed E-state index contributed by atoms with van der Waals surface area (Å²) in [6.07, 6.45) is 4.39. The maximum Gasteiger partial charge on any atom is 0.220 e. The third kappa shape index (κ3) is 7.34. The van der Waals surface area contributed by atoms with E-state index in [0.29, 0.717) is 6.54 Å². The molecule has 0 aromatic carbocycles. The maximum absolute atomic E-state index is 11.5. The fourth-order valence-corrected chi connectivity index (χ4v) is 4.38. The first-order valence-corrected chi connectivity index (χ1v) is 11.5. The molecule has 1 fully saturated rings. The third-order valence-electron chi connectivity index (χ3n) is 5.43. The minimum atomic E-state index is -0.193. The summed E-state index contributed by atoms with van der Waals surface area (Å²) in [7, 11) is 2.08. The van der Waals surface area contributed by atoms with Crippen LogP contribution in [-0.4, -0.2) is 55.0 Å². The summed E-state index contributed by atoms with van der Waals surface area (Å²) in [5, 5.41) is 5.51. The quantitative estimate of drug-likeness (QED) is 0.297. The highest BCUT2D eigenvalue weighted by atomic mass is 127. The van der Waals surface area contributed by atoms with Gasteiger partial charge in [0.1, 0.15) is 5.82 Å². The summed E-state index contributed by atoms with van der Waals surface area (Å²) >= 11 is 1.79. The molecular weight excluding hydrogens is 523 g/mol. The Hall–Kier alpha value is -1.88. The molecule has 3 rings (SSSR count). The zero-order chi connectivity index (χ0) is 21.3. The molecule has 2 aromatic rings. The van der Waals surface area contributed by atoms with Gasteiger partial charge in [-0.3, -0.25) is 4.79 Å². The van der Waals surface area contributed by atoms with Gasteiger partial charge < -0.3 is 20.9 Å². The number of likely N-dealkylation sites (N-methyl/N-ethyl adjacent to an activating group) is 1. The number of thiophene rings is 1. The van der Waals surface area contributed by atoms with Crippen molar-refractivity contribution in [3.05, 3.63) is 46.3 Å². The van der Waals surface area contributed by atoms with Crippen LogP contribution in [0.3, 0.4) is 0 Å². The van der Waals surface area contributed by atoms with Crippen LogP contribution in [0.1, 0.15) is 30.2 Å². The monoisotopic (exact) mass is 556 g/mol. The highest BCUT2D eigenvalue weighted by Gasteiger charge is 2.25. The number of nitrogens with one attached hydrogen (secondary N) is 1. The van der Waals surface area contributed by atoms with Crippen molar-refractivity contribution in [1.82, 2.24) is 15.2 Å². The lowest BCUT2D eigenvalue weighted by atomic mass is 9.96. The van der Waals surface area contributed by atoms with Gasteiger partial charge in [0.15, 0.2) is 5.96 Å². The lowest BCUT2D eigenvalue weighted by Gasteiger charge is -2.32. The van der Waals surface area contributed by atoms with Crippen LogP contribution in [0.25, 0.3) is 0 Å². The molecule has 0 bridgehead atoms. The second-order valence-electron chi connectivity index (χ2n) is 7.57. The normalized spacial score (nSPS) is 14.8. The van der Waals surface area contributed by atoms with E-state index in [2.05, 4.69) is 57.7 Å². The number of pyridine rings is 1. The highest BCUT2D eigenvalue weighted by molar-refractivity contribution is 14.0. The van der Waals surface area contributed by atoms with E-state index in [1.807, 2.05) is 12.3 Å². The highest BCUT2D eigenvalue weighted by Crippen LogP contribution is 2.25. The molecule has 3 N–H and O–H groups in total. The molecule has 1 aliphatic heterocycles. The van der Waals surface area contributed by atoms with E-state index in [0.717, 1.165) is 62.8 Å². The Morgan fingerprint density at radius 1 is 1.35 bits per heavy atom. The smallest absolute Gasteiger partial charge is 0.220 e. The lowest BCUT2D eigenvalue weighted by molar-refractivity contribution is -0.122. The standard InChI is InChI=1S/C22H32N6OS.HI/c1-3-24-22(27(2)12-10-19-7-5-15-30-19)26-16-18-6-4-11-25-21(18)28-13-8-17(9-14-28)20(23)29;/h4-7,11,15,17H,3,8-10,12-14,16H2,1-2H3,(H2,23,29)(H,24,26);1H. The van der Waals surface area contributed by atoms with Gasteiger partial charge in [0.2, 0.25) is 5.91 Å². The van der Waals surface area contributed by atoms with Gasteiger partial charge in [-0.25, -0.2) is 9.98 Å². The van der Waals surface area contributed by atoms with Gasteiger partial charge in [0.25, 0.3) is 0 Å². The predicted octanol–water partition coefficient (Wildman–Crippen LogP) is 3.10. The number of carbonyl (C=O) groups is 1. The first-order valence-electron chi connectivity index (χ1n) is 10.6. The number of amides is 1. The summed E-state index contributed by atoms with van der Waals surface area (Å²) in [5.74, 6) is 1.64. The minimum Gasteiger partial charge on any atom is -0.369 e. The Labute approximate surface area is 206 Å². The largest absolute Gasteiger partial charge is 0.369 e. The van der Waals surface area contributed by atoms with Gasteiger partial charge >= 0.3 is 0 Å². The van der Waals surface area contributed by atoms with Crippen LogP contribution in [0.5, 0.6) is 0 Å². The fraction of sp³-hybridized carbons (Fsp3) is 0.500. The van der Waals surface area contributed by atoms with Crippen LogP contribution in [0.4, 0.5) is 5.82 Å². The number of halogens is 1. The minimum absolute atomic E-state index is 0. The van der Waals surface area contributed by atoms with Crippen molar-refractivity contribution in [1.29, 1.82) is 0 Å². The summed E-state index contributed by atoms with van der Waals surface area (Å²) in [6.45, 7) is 5.96. The summed E-state index contributed by atoms with van der Waals surface area (Å²) < 4.78 is 0. The molecule has 170 valence electrons. The van der Waals surface area contributed by atoms with Gasteiger partial charge in [0, 0.05) is 55.8 Å². The van der Waals surface area contributed by atoms with Crippen molar-refractivity contribution < 1.29 is 4.79 Å². The van der Waals surface area contributed by atoms with Crippen LogP contribution in [0.15, 0.2) is 40.8 Å². The summed E-state index contributed by atoms with van der Waals surface area (Å²) in [6, 6.07) is 8.31. The van der Waals surface area contributed by atoms with Crippen molar-refractivity contribution in [2.24, 2.45) is 16.6 Å². The van der Waals surface area contributed by atoms with Crippen LogP contribution in [-0.2, 0) is 17.8 Å². The number of primary amides is 1. The molecular formula is C22H33IN6OS. The van der Waals surface area contributed by atoms with E-state index in [9.17, 15) is 4.79 Å². The Kier molecular flexibility index (Phi) is 10.5. The Morgan fingerprint density at radius 2 is 2.13 bits per heavy atom. The zero-order valence-electron chi connectivity index (χ0n) is 18.3. The lowest BCUT2D eigenvalue weighted by Crippen LogP contribution is -2.40. The van der Waals surface area contributed by atoms with Crippen LogP contribution in [0.2, 0.25) is 0 Å². The van der Waals surface area contributed by atoms with E-state index in [-0.39, 0.29) is 35.8 Å². The molecule has 0 atom stereocenters. The molecule has 1 saturated heterocycles. The molecule has 31 heavy (non-hydrogen) atoms. The van der Waals surface area contributed by atoms with Crippen molar-refractivity contribution in [3.63, 3.8) is 0 Å². The molecule has 0 spiro atoms. The molecule has 1 amide bonds. The number of aliphatic imine (C=N–C) groups is 1. The number of guanidine groups is 1. The maximum atomic E-state index is 11.5. The number of aromatic nitrogens is 1. The second-order valence-corrected chi connectivity index (χ2v) is 8.60. The van der Waals surface area contributed by atoms with E-state index in [4.69, 9.17) is 10.7 Å². The molecule has 0 aliphatic carbocycles. The molecule has 7 nitrogen and oxygen atoms in total. The second kappa shape index (κ2) is 12.8. The van der Waals surface area contributed by atoms with Gasteiger partial charge in [-0.1, -0.05) is 12.1 Å². The number of nitrogens with two attached hydrogens (primary N) is 1. The third-order valence-corrected chi connectivity index (χ3v) is 6.37. The summed E-state index contributed by atoms with van der Waals surface area (Å²) in [5.41, 5.74) is 6.57. The molecule has 0 saturated carbocycles. The van der Waals surface area contributed by atoms with Gasteiger partial charge in [-0.05, 0) is 43.7 Å². The number of anilines is 1. The molecule has 1 aliphatic rings. The molecule has 0 radical (unpaired) electrons. The number of rotatable bonds is 8. The van der Waals surface area contributed by atoms with Crippen molar-refractivity contribution >= 4 is 53.0 Å². The fourth-order valence-electron chi connectivity index (χ4n) is 3.68. The van der Waals surface area contributed by atoms with Gasteiger partial charge in [-0.15, -0.1) is 35.3 Å². The van der Waals surface area contributed by atoms with Gasteiger partial charge in [-0.2, -0.15) is 0 Å². The Bertz CT molecular complexity index is 836. The van der Waals surface area contributed by atoms with E-state index >= 15 is 0 Å². The van der Waals surface area contributed by atoms with E-state index in [1.54, 1.807) is 11.3 Å². The number of carbonyl (C=O) groups excluding carboxylic acids is 1. The zero-order valence-corrected chi connectivity index (χ0v) is 21.4. The van der Waals surface area contributed by atoms with Crippen LogP contribution in [0, 0.1) is 5.92 Å². The number of piperidine rings is 1. The predicted molar refractivity (Wildman–Crippen MR) is 139 cm³/mol. The van der Waals surface area contributed by atoms with E-state index in [1.165, 1.54) is 4.88 Å². The van der Waals surface area contributed by atoms with Crippen LogP contribution >= 0.6 is 35.3 Å². The average Bonchev–Trinajstić information content (AvgIpc) is 3.29. The Balaban J connectivity index is 0.00000341. The SMILES string of the molecule is CCNC(=NCc1cccnc1N1CCC(C(N)=O)CC1)N(C)CCc1cccs1.I.